The predicted molar refractivity (Wildman–Crippen MR) is 108 cm³/mol. The minimum atomic E-state index is -3.81. The Hall–Kier alpha value is -3.33. The summed E-state index contributed by atoms with van der Waals surface area (Å²) in [5, 5.41) is 6.27. The Balaban J connectivity index is 1.57. The van der Waals surface area contributed by atoms with E-state index in [4.69, 9.17) is 9.26 Å². The molecule has 3 aromatic rings. The van der Waals surface area contributed by atoms with Crippen LogP contribution in [0.3, 0.4) is 0 Å². The maximum absolute atomic E-state index is 12.4. The highest BCUT2D eigenvalue weighted by Gasteiger charge is 2.16. The van der Waals surface area contributed by atoms with E-state index in [0.29, 0.717) is 17.2 Å². The molecule has 2 aromatic carbocycles. The Kier molecular flexibility index (Phi) is 6.18. The van der Waals surface area contributed by atoms with E-state index in [1.54, 1.807) is 13.0 Å². The molecule has 0 spiro atoms. The number of aromatic nitrogens is 1. The molecule has 0 saturated heterocycles. The van der Waals surface area contributed by atoms with Crippen molar-refractivity contribution in [3.8, 4) is 5.75 Å². The zero-order valence-electron chi connectivity index (χ0n) is 16.0. The maximum Gasteiger partial charge on any atom is 0.263 e. The lowest BCUT2D eigenvalue weighted by atomic mass is 10.2. The van der Waals surface area contributed by atoms with Gasteiger partial charge in [-0.1, -0.05) is 24.2 Å². The van der Waals surface area contributed by atoms with Crippen LogP contribution in [0.4, 0.5) is 11.5 Å². The van der Waals surface area contributed by atoms with Gasteiger partial charge in [0.1, 0.15) is 11.5 Å². The highest BCUT2D eigenvalue weighted by atomic mass is 32.2. The fraction of sp³-hybridized carbons (Fsp3) is 0.200. The molecule has 0 fully saturated rings. The molecule has 9 heteroatoms. The van der Waals surface area contributed by atoms with E-state index in [9.17, 15) is 13.2 Å². The molecule has 1 amide bonds. The summed E-state index contributed by atoms with van der Waals surface area (Å²) in [6.07, 6.45) is 0.879. The molecular weight excluding hydrogens is 394 g/mol. The van der Waals surface area contributed by atoms with Gasteiger partial charge in [0.2, 0.25) is 0 Å². The van der Waals surface area contributed by atoms with Crippen molar-refractivity contribution in [3.63, 3.8) is 0 Å². The van der Waals surface area contributed by atoms with Gasteiger partial charge < -0.3 is 14.6 Å². The number of carbonyl (C=O) groups excluding carboxylic acids is 1. The molecule has 0 saturated carbocycles. The van der Waals surface area contributed by atoms with Gasteiger partial charge in [-0.2, -0.15) is 0 Å². The number of hydrogen-bond donors (Lipinski definition) is 2. The molecule has 0 aliphatic rings. The van der Waals surface area contributed by atoms with Crippen LogP contribution in [0.25, 0.3) is 0 Å². The topological polar surface area (TPSA) is 111 Å². The Labute approximate surface area is 168 Å². The Morgan fingerprint density at radius 2 is 1.90 bits per heavy atom. The third kappa shape index (κ3) is 5.58. The second-order valence-corrected chi connectivity index (χ2v) is 7.97. The molecule has 0 atom stereocenters. The van der Waals surface area contributed by atoms with Gasteiger partial charge in [-0.05, 0) is 55.3 Å². The molecule has 0 aliphatic carbocycles. The minimum Gasteiger partial charge on any atom is -0.484 e. The van der Waals surface area contributed by atoms with Crippen LogP contribution in [-0.4, -0.2) is 26.1 Å². The minimum absolute atomic E-state index is 0.0313. The van der Waals surface area contributed by atoms with E-state index in [0.717, 1.165) is 12.0 Å². The molecule has 1 heterocycles. The lowest BCUT2D eigenvalue weighted by molar-refractivity contribution is -0.118. The number of aryl methyl sites for hydroxylation is 2. The van der Waals surface area contributed by atoms with Crippen molar-refractivity contribution in [3.05, 3.63) is 65.9 Å². The second kappa shape index (κ2) is 8.78. The Morgan fingerprint density at radius 1 is 1.14 bits per heavy atom. The van der Waals surface area contributed by atoms with Gasteiger partial charge in [-0.15, -0.1) is 0 Å². The van der Waals surface area contributed by atoms with Crippen molar-refractivity contribution >= 4 is 27.4 Å². The van der Waals surface area contributed by atoms with Crippen LogP contribution in [0.1, 0.15) is 18.2 Å². The quantitative estimate of drug-likeness (QED) is 0.584. The molecule has 29 heavy (non-hydrogen) atoms. The highest BCUT2D eigenvalue weighted by molar-refractivity contribution is 7.92. The number of anilines is 2. The fourth-order valence-corrected chi connectivity index (χ4v) is 3.51. The smallest absolute Gasteiger partial charge is 0.263 e. The summed E-state index contributed by atoms with van der Waals surface area (Å²) >= 11 is 0. The van der Waals surface area contributed by atoms with Crippen LogP contribution in [0.2, 0.25) is 0 Å². The Morgan fingerprint density at radius 3 is 2.55 bits per heavy atom. The third-order valence-corrected chi connectivity index (χ3v) is 5.36. The molecule has 0 unspecified atom stereocenters. The number of nitrogens with one attached hydrogen (secondary N) is 2. The van der Waals surface area contributed by atoms with Crippen LogP contribution in [-0.2, 0) is 21.2 Å². The number of sulfonamides is 1. The van der Waals surface area contributed by atoms with Crippen molar-refractivity contribution in [1.82, 2.24) is 5.16 Å². The van der Waals surface area contributed by atoms with E-state index >= 15 is 0 Å². The predicted octanol–water partition coefficient (Wildman–Crippen LogP) is 3.36. The van der Waals surface area contributed by atoms with Gasteiger partial charge in [0.25, 0.3) is 15.9 Å². The first-order chi connectivity index (χ1) is 13.9. The number of ether oxygens (including phenoxy) is 1. The first-order valence-electron chi connectivity index (χ1n) is 8.93. The lowest BCUT2D eigenvalue weighted by Gasteiger charge is -2.09. The van der Waals surface area contributed by atoms with Crippen molar-refractivity contribution in [2.45, 2.75) is 25.2 Å². The third-order valence-electron chi connectivity index (χ3n) is 3.99. The fourth-order valence-electron chi connectivity index (χ4n) is 2.53. The van der Waals surface area contributed by atoms with Crippen LogP contribution >= 0.6 is 0 Å². The summed E-state index contributed by atoms with van der Waals surface area (Å²) < 4.78 is 37.4. The monoisotopic (exact) mass is 415 g/mol. The molecule has 0 aliphatic heterocycles. The SMILES string of the molecule is CCc1cccc(OCC(=O)Nc2ccc(S(=O)(=O)Nc3cc(C)on3)cc2)c1. The van der Waals surface area contributed by atoms with E-state index < -0.39 is 10.0 Å². The zero-order chi connectivity index (χ0) is 20.9. The number of rotatable bonds is 8. The molecule has 8 nitrogen and oxygen atoms in total. The second-order valence-electron chi connectivity index (χ2n) is 6.29. The summed E-state index contributed by atoms with van der Waals surface area (Å²) in [7, 11) is -3.81. The van der Waals surface area contributed by atoms with Crippen LogP contribution in [0, 0.1) is 6.92 Å². The van der Waals surface area contributed by atoms with Gasteiger partial charge in [-0.3, -0.25) is 9.52 Å². The first kappa shape index (κ1) is 20.4. The summed E-state index contributed by atoms with van der Waals surface area (Å²) in [4.78, 5) is 12.1. The molecule has 0 radical (unpaired) electrons. The molecule has 3 rings (SSSR count). The molecule has 2 N–H and O–H groups in total. The normalized spacial score (nSPS) is 11.1. The first-order valence-corrected chi connectivity index (χ1v) is 10.4. The van der Waals surface area contributed by atoms with Crippen LogP contribution < -0.4 is 14.8 Å². The van der Waals surface area contributed by atoms with Crippen molar-refractivity contribution < 1.29 is 22.5 Å². The van der Waals surface area contributed by atoms with E-state index in [1.165, 1.54) is 30.3 Å². The maximum atomic E-state index is 12.4. The number of benzene rings is 2. The van der Waals surface area contributed by atoms with E-state index in [-0.39, 0.29) is 23.2 Å². The number of hydrogen-bond acceptors (Lipinski definition) is 6. The van der Waals surface area contributed by atoms with Gasteiger partial charge >= 0.3 is 0 Å². The average Bonchev–Trinajstić information content (AvgIpc) is 3.11. The standard InChI is InChI=1S/C20H21N3O5S/c1-3-15-5-4-6-17(12-15)27-13-20(24)21-16-7-9-18(10-8-16)29(25,26)23-19-11-14(2)28-22-19/h4-12H,3,13H2,1-2H3,(H,21,24)(H,22,23). The van der Waals surface area contributed by atoms with Crippen LogP contribution in [0.5, 0.6) is 5.75 Å². The lowest BCUT2D eigenvalue weighted by Crippen LogP contribution is -2.20. The van der Waals surface area contributed by atoms with Crippen molar-refractivity contribution in [2.24, 2.45) is 0 Å². The highest BCUT2D eigenvalue weighted by Crippen LogP contribution is 2.18. The van der Waals surface area contributed by atoms with Gasteiger partial charge in [0.15, 0.2) is 12.4 Å². The number of nitrogens with zero attached hydrogens (tertiary/aromatic N) is 1. The molecule has 152 valence electrons. The molecule has 1 aromatic heterocycles. The van der Waals surface area contributed by atoms with Gasteiger partial charge in [-0.25, -0.2) is 8.42 Å². The zero-order valence-corrected chi connectivity index (χ0v) is 16.8. The van der Waals surface area contributed by atoms with Gasteiger partial charge in [0, 0.05) is 11.8 Å². The van der Waals surface area contributed by atoms with Gasteiger partial charge in [0.05, 0.1) is 4.90 Å². The Bertz CT molecular complexity index is 1090. The summed E-state index contributed by atoms with van der Waals surface area (Å²) in [5.74, 6) is 0.863. The van der Waals surface area contributed by atoms with Crippen molar-refractivity contribution in [1.29, 1.82) is 0 Å². The number of amides is 1. The summed E-state index contributed by atoms with van der Waals surface area (Å²) in [6, 6.07) is 14.8. The van der Waals surface area contributed by atoms with Crippen LogP contribution in [0.15, 0.2) is 64.0 Å². The largest absolute Gasteiger partial charge is 0.484 e. The van der Waals surface area contributed by atoms with E-state index in [1.807, 2.05) is 25.1 Å². The van der Waals surface area contributed by atoms with Crippen molar-refractivity contribution in [2.75, 3.05) is 16.6 Å². The van der Waals surface area contributed by atoms with E-state index in [2.05, 4.69) is 15.2 Å². The summed E-state index contributed by atoms with van der Waals surface area (Å²) in [6.45, 7) is 3.55. The molecule has 0 bridgehead atoms. The average molecular weight is 415 g/mol. The summed E-state index contributed by atoms with van der Waals surface area (Å²) in [5.41, 5.74) is 1.58. The number of carbonyl (C=O) groups is 1. The molecular formula is C20H21N3O5S.